The van der Waals surface area contributed by atoms with E-state index in [0.29, 0.717) is 50.6 Å². The molecular formula is C20H30N2O5S. The third-order valence-electron chi connectivity index (χ3n) is 6.06. The van der Waals surface area contributed by atoms with Crippen molar-refractivity contribution < 1.29 is 23.0 Å². The summed E-state index contributed by atoms with van der Waals surface area (Å²) in [5.74, 6) is 0.804. The number of aliphatic hydroxyl groups is 1. The van der Waals surface area contributed by atoms with Crippen LogP contribution in [-0.4, -0.2) is 68.4 Å². The Morgan fingerprint density at radius 1 is 1.36 bits per heavy atom. The Labute approximate surface area is 167 Å². The topological polar surface area (TPSA) is 88.1 Å². The minimum absolute atomic E-state index is 0.221. The van der Waals surface area contributed by atoms with Crippen LogP contribution < -0.4 is 10.1 Å². The second kappa shape index (κ2) is 7.91. The van der Waals surface area contributed by atoms with E-state index >= 15 is 0 Å². The highest BCUT2D eigenvalue weighted by molar-refractivity contribution is 7.89. The minimum Gasteiger partial charge on any atom is -0.493 e. The summed E-state index contributed by atoms with van der Waals surface area (Å²) in [6.45, 7) is 4.56. The van der Waals surface area contributed by atoms with Gasteiger partial charge in [0, 0.05) is 25.7 Å². The van der Waals surface area contributed by atoms with E-state index in [0.717, 1.165) is 30.6 Å². The summed E-state index contributed by atoms with van der Waals surface area (Å²) in [5.41, 5.74) is 0.735. The molecule has 8 heteroatoms. The van der Waals surface area contributed by atoms with Gasteiger partial charge in [-0.3, -0.25) is 0 Å². The predicted octanol–water partition coefficient (Wildman–Crippen LogP) is 1.29. The van der Waals surface area contributed by atoms with Crippen molar-refractivity contribution in [1.82, 2.24) is 9.62 Å². The number of hydrogen-bond donors (Lipinski definition) is 2. The van der Waals surface area contributed by atoms with Gasteiger partial charge in [0.2, 0.25) is 10.0 Å². The van der Waals surface area contributed by atoms with E-state index in [9.17, 15) is 13.5 Å². The van der Waals surface area contributed by atoms with E-state index in [1.165, 1.54) is 0 Å². The van der Waals surface area contributed by atoms with E-state index in [4.69, 9.17) is 9.47 Å². The Kier molecular flexibility index (Phi) is 5.68. The Morgan fingerprint density at radius 2 is 2.14 bits per heavy atom. The van der Waals surface area contributed by atoms with Crippen LogP contribution in [0.3, 0.4) is 0 Å². The summed E-state index contributed by atoms with van der Waals surface area (Å²) >= 11 is 0. The van der Waals surface area contributed by atoms with Crippen molar-refractivity contribution in [2.24, 2.45) is 0 Å². The average Bonchev–Trinajstić information content (AvgIpc) is 3.09. The van der Waals surface area contributed by atoms with Crippen LogP contribution in [0.4, 0.5) is 0 Å². The Bertz CT molecular complexity index is 803. The predicted molar refractivity (Wildman–Crippen MR) is 105 cm³/mol. The molecule has 2 fully saturated rings. The van der Waals surface area contributed by atoms with Crippen molar-refractivity contribution in [2.75, 3.05) is 32.8 Å². The van der Waals surface area contributed by atoms with Gasteiger partial charge in [-0.1, -0.05) is 0 Å². The first-order valence-corrected chi connectivity index (χ1v) is 11.6. The molecule has 1 aromatic carbocycles. The van der Waals surface area contributed by atoms with Crippen LogP contribution in [-0.2, 0) is 21.2 Å². The number of aryl methyl sites for hydroxylation is 1. The lowest BCUT2D eigenvalue weighted by molar-refractivity contribution is -0.0312. The number of rotatable bonds is 5. The van der Waals surface area contributed by atoms with Gasteiger partial charge in [0.25, 0.3) is 0 Å². The monoisotopic (exact) mass is 410 g/mol. The highest BCUT2D eigenvalue weighted by Crippen LogP contribution is 2.38. The highest BCUT2D eigenvalue weighted by atomic mass is 32.2. The van der Waals surface area contributed by atoms with Crippen LogP contribution in [0.25, 0.3) is 0 Å². The van der Waals surface area contributed by atoms with Crippen molar-refractivity contribution in [1.29, 1.82) is 0 Å². The highest BCUT2D eigenvalue weighted by Gasteiger charge is 2.44. The molecular weight excluding hydrogens is 380 g/mol. The number of fused-ring (bicyclic) bond motifs is 1. The second-order valence-electron chi connectivity index (χ2n) is 8.28. The molecule has 1 unspecified atom stereocenters. The van der Waals surface area contributed by atoms with Gasteiger partial charge in [-0.2, -0.15) is 4.31 Å². The molecule has 0 aromatic heterocycles. The average molecular weight is 411 g/mol. The van der Waals surface area contributed by atoms with Crippen molar-refractivity contribution in [3.8, 4) is 5.75 Å². The molecule has 28 heavy (non-hydrogen) atoms. The maximum atomic E-state index is 13.1. The molecule has 3 heterocycles. The van der Waals surface area contributed by atoms with E-state index in [2.05, 4.69) is 5.32 Å². The summed E-state index contributed by atoms with van der Waals surface area (Å²) in [7, 11) is -3.50. The fourth-order valence-corrected chi connectivity index (χ4v) is 5.93. The number of ether oxygens (including phenoxy) is 2. The first-order valence-electron chi connectivity index (χ1n) is 10.2. The molecule has 0 radical (unpaired) electrons. The lowest BCUT2D eigenvalue weighted by Crippen LogP contribution is -2.47. The van der Waals surface area contributed by atoms with Gasteiger partial charge in [-0.25, -0.2) is 8.42 Å². The Hall–Kier alpha value is -1.19. The van der Waals surface area contributed by atoms with Crippen molar-refractivity contribution in [2.45, 2.75) is 61.7 Å². The van der Waals surface area contributed by atoms with E-state index < -0.39 is 10.0 Å². The van der Waals surface area contributed by atoms with Crippen LogP contribution in [0.2, 0.25) is 0 Å². The maximum absolute atomic E-state index is 13.1. The molecule has 3 aliphatic rings. The fraction of sp³-hybridized carbons (Fsp3) is 0.700. The lowest BCUT2D eigenvalue weighted by atomic mass is 9.88. The van der Waals surface area contributed by atoms with Crippen LogP contribution in [0.5, 0.6) is 5.75 Å². The zero-order chi connectivity index (χ0) is 19.8. The molecule has 2 N–H and O–H groups in total. The molecule has 1 aromatic rings. The number of nitrogens with one attached hydrogen (secondary N) is 1. The van der Waals surface area contributed by atoms with E-state index in [-0.39, 0.29) is 17.7 Å². The molecule has 156 valence electrons. The molecule has 4 rings (SSSR count). The summed E-state index contributed by atoms with van der Waals surface area (Å²) in [6, 6.07) is 5.44. The summed E-state index contributed by atoms with van der Waals surface area (Å²) in [4.78, 5) is 0.358. The largest absolute Gasteiger partial charge is 0.493 e. The molecule has 0 aliphatic carbocycles. The molecule has 1 spiro atoms. The van der Waals surface area contributed by atoms with Gasteiger partial charge in [0.15, 0.2) is 0 Å². The Balaban J connectivity index is 1.39. The molecule has 0 bridgehead atoms. The molecule has 0 saturated carbocycles. The first kappa shape index (κ1) is 20.1. The van der Waals surface area contributed by atoms with Gasteiger partial charge in [0.05, 0.1) is 29.8 Å². The maximum Gasteiger partial charge on any atom is 0.243 e. The third-order valence-corrected chi connectivity index (χ3v) is 7.96. The minimum atomic E-state index is -3.50. The van der Waals surface area contributed by atoms with Gasteiger partial charge >= 0.3 is 0 Å². The molecule has 0 amide bonds. The number of hydrogen-bond acceptors (Lipinski definition) is 6. The number of aliphatic hydroxyl groups excluding tert-OH is 1. The summed E-state index contributed by atoms with van der Waals surface area (Å²) in [5, 5.41) is 12.8. The van der Waals surface area contributed by atoms with Crippen LogP contribution >= 0.6 is 0 Å². The number of piperidine rings is 1. The van der Waals surface area contributed by atoms with Gasteiger partial charge in [0.1, 0.15) is 5.75 Å². The molecule has 7 nitrogen and oxygen atoms in total. The molecule has 2 saturated heterocycles. The Morgan fingerprint density at radius 3 is 2.89 bits per heavy atom. The van der Waals surface area contributed by atoms with Gasteiger partial charge in [-0.05, 0) is 62.8 Å². The summed E-state index contributed by atoms with van der Waals surface area (Å²) in [6.07, 6.45) is 3.66. The fourth-order valence-electron chi connectivity index (χ4n) is 4.44. The summed E-state index contributed by atoms with van der Waals surface area (Å²) < 4.78 is 39.5. The van der Waals surface area contributed by atoms with Crippen LogP contribution in [0.15, 0.2) is 23.1 Å². The standard InChI is InChI=1S/C20H30N2O5S/c1-15(23)13-21-17-12-20(27-14-17)6-8-22(9-7-20)28(24,25)18-4-5-19-16(11-18)3-2-10-26-19/h4-5,11,15,17,21,23H,2-3,6-10,12-14H2,1H3/t15-,17?/m0/s1. The SMILES string of the molecule is C[C@H](O)CNC1COC2(CCN(S(=O)(=O)c3ccc4c(c3)CCCO4)CC2)C1. The van der Waals surface area contributed by atoms with Crippen molar-refractivity contribution in [3.05, 3.63) is 23.8 Å². The van der Waals surface area contributed by atoms with Crippen LogP contribution in [0.1, 0.15) is 38.2 Å². The smallest absolute Gasteiger partial charge is 0.243 e. The normalized spacial score (nSPS) is 26.0. The number of nitrogens with zero attached hydrogens (tertiary/aromatic N) is 1. The quantitative estimate of drug-likeness (QED) is 0.761. The van der Waals surface area contributed by atoms with Crippen molar-refractivity contribution in [3.63, 3.8) is 0 Å². The van der Waals surface area contributed by atoms with E-state index in [1.54, 1.807) is 29.4 Å². The molecule has 3 aliphatic heterocycles. The second-order valence-corrected chi connectivity index (χ2v) is 10.2. The van der Waals surface area contributed by atoms with Gasteiger partial charge < -0.3 is 19.9 Å². The number of benzene rings is 1. The van der Waals surface area contributed by atoms with Crippen molar-refractivity contribution >= 4 is 10.0 Å². The third kappa shape index (κ3) is 4.07. The lowest BCUT2D eigenvalue weighted by Gasteiger charge is -2.38. The van der Waals surface area contributed by atoms with E-state index in [1.807, 2.05) is 0 Å². The number of sulfonamides is 1. The van der Waals surface area contributed by atoms with Crippen LogP contribution in [0, 0.1) is 0 Å². The van der Waals surface area contributed by atoms with Gasteiger partial charge in [-0.15, -0.1) is 0 Å². The zero-order valence-corrected chi connectivity index (χ0v) is 17.2. The molecule has 2 atom stereocenters. The first-order chi connectivity index (χ1) is 13.4. The zero-order valence-electron chi connectivity index (χ0n) is 16.4.